The van der Waals surface area contributed by atoms with E-state index < -0.39 is 12.5 Å². The third-order valence-electron chi connectivity index (χ3n) is 3.75. The highest BCUT2D eigenvalue weighted by atomic mass is 19.3. The summed E-state index contributed by atoms with van der Waals surface area (Å²) >= 11 is 0. The third-order valence-corrected chi connectivity index (χ3v) is 3.75. The molecule has 1 aliphatic carbocycles. The van der Waals surface area contributed by atoms with Gasteiger partial charge in [-0.25, -0.2) is 8.78 Å². The van der Waals surface area contributed by atoms with Crippen LogP contribution in [-0.4, -0.2) is 28.8 Å². The quantitative estimate of drug-likeness (QED) is 0.825. The van der Waals surface area contributed by atoms with Crippen LogP contribution in [0.4, 0.5) is 8.78 Å². The number of nitrogens with one attached hydrogen (secondary N) is 1. The van der Waals surface area contributed by atoms with Crippen LogP contribution in [0.15, 0.2) is 12.3 Å². The van der Waals surface area contributed by atoms with Gasteiger partial charge in [0.2, 0.25) is 0 Å². The average Bonchev–Trinajstić information content (AvgIpc) is 3.04. The molecule has 3 nitrogen and oxygen atoms in total. The summed E-state index contributed by atoms with van der Waals surface area (Å²) in [6, 6.07) is 1.57. The van der Waals surface area contributed by atoms with Crippen molar-refractivity contribution in [3.05, 3.63) is 18.0 Å². The van der Waals surface area contributed by atoms with Crippen molar-refractivity contribution in [2.75, 3.05) is 6.54 Å². The second-order valence-corrected chi connectivity index (χ2v) is 5.32. The highest BCUT2D eigenvalue weighted by Gasteiger charge is 2.22. The Morgan fingerprint density at radius 3 is 2.79 bits per heavy atom. The first-order valence-corrected chi connectivity index (χ1v) is 7.26. The largest absolute Gasteiger partial charge is 0.309 e. The summed E-state index contributed by atoms with van der Waals surface area (Å²) in [6.45, 7) is 2.60. The first kappa shape index (κ1) is 14.4. The Balaban J connectivity index is 1.93. The number of hydrogen-bond acceptors (Lipinski definition) is 2. The van der Waals surface area contributed by atoms with E-state index in [0.29, 0.717) is 19.0 Å². The maximum Gasteiger partial charge on any atom is 0.254 e. The maximum atomic E-state index is 12.9. The standard InChI is InChI=1S/C14H23F2N3/c1-2-8-17-13(14(15)16)10-11-7-9-19(18-11)12-5-3-4-6-12/h7,9,12-14,17H,2-6,8,10H2,1H3. The van der Waals surface area contributed by atoms with E-state index in [1.807, 2.05) is 23.9 Å². The lowest BCUT2D eigenvalue weighted by Crippen LogP contribution is -2.38. The van der Waals surface area contributed by atoms with Crippen LogP contribution in [0.25, 0.3) is 0 Å². The molecule has 1 N–H and O–H groups in total. The van der Waals surface area contributed by atoms with Crippen molar-refractivity contribution < 1.29 is 8.78 Å². The molecule has 1 unspecified atom stereocenters. The van der Waals surface area contributed by atoms with E-state index in [0.717, 1.165) is 25.0 Å². The van der Waals surface area contributed by atoms with E-state index in [1.54, 1.807) is 0 Å². The van der Waals surface area contributed by atoms with E-state index in [4.69, 9.17) is 0 Å². The molecule has 2 rings (SSSR count). The number of rotatable bonds is 7. The topological polar surface area (TPSA) is 29.9 Å². The minimum absolute atomic E-state index is 0.303. The Hall–Kier alpha value is -0.970. The fourth-order valence-electron chi connectivity index (χ4n) is 2.66. The second-order valence-electron chi connectivity index (χ2n) is 5.32. The lowest BCUT2D eigenvalue weighted by molar-refractivity contribution is 0.0977. The van der Waals surface area contributed by atoms with Gasteiger partial charge in [0.1, 0.15) is 0 Å². The molecule has 1 aliphatic rings. The lowest BCUT2D eigenvalue weighted by Gasteiger charge is -2.16. The highest BCUT2D eigenvalue weighted by molar-refractivity contribution is 5.03. The zero-order valence-corrected chi connectivity index (χ0v) is 11.5. The molecule has 1 aromatic rings. The summed E-state index contributed by atoms with van der Waals surface area (Å²) in [5, 5.41) is 7.36. The van der Waals surface area contributed by atoms with Crippen LogP contribution < -0.4 is 5.32 Å². The summed E-state index contributed by atoms with van der Waals surface area (Å²) < 4.78 is 27.8. The Bertz CT molecular complexity index is 373. The first-order valence-electron chi connectivity index (χ1n) is 7.26. The van der Waals surface area contributed by atoms with Crippen molar-refractivity contribution in [1.82, 2.24) is 15.1 Å². The summed E-state index contributed by atoms with van der Waals surface area (Å²) in [4.78, 5) is 0. The molecule has 0 aliphatic heterocycles. The summed E-state index contributed by atoms with van der Waals surface area (Å²) in [5.41, 5.74) is 0.765. The van der Waals surface area contributed by atoms with Crippen molar-refractivity contribution in [1.29, 1.82) is 0 Å². The van der Waals surface area contributed by atoms with Gasteiger partial charge in [-0.05, 0) is 31.9 Å². The molecule has 0 spiro atoms. The van der Waals surface area contributed by atoms with E-state index in [2.05, 4.69) is 10.4 Å². The summed E-state index contributed by atoms with van der Waals surface area (Å²) in [7, 11) is 0. The van der Waals surface area contributed by atoms with Gasteiger partial charge in [-0.2, -0.15) is 5.10 Å². The predicted octanol–water partition coefficient (Wildman–Crippen LogP) is 3.17. The van der Waals surface area contributed by atoms with Crippen LogP contribution >= 0.6 is 0 Å². The maximum absolute atomic E-state index is 12.9. The van der Waals surface area contributed by atoms with Gasteiger partial charge in [-0.15, -0.1) is 0 Å². The van der Waals surface area contributed by atoms with E-state index in [-0.39, 0.29) is 0 Å². The van der Waals surface area contributed by atoms with Crippen LogP contribution in [0.2, 0.25) is 0 Å². The average molecular weight is 271 g/mol. The summed E-state index contributed by atoms with van der Waals surface area (Å²) in [5.74, 6) is 0. The monoisotopic (exact) mass is 271 g/mol. The van der Waals surface area contributed by atoms with E-state index >= 15 is 0 Å². The number of hydrogen-bond donors (Lipinski definition) is 1. The molecule has 1 heterocycles. The van der Waals surface area contributed by atoms with Gasteiger partial charge < -0.3 is 5.32 Å². The van der Waals surface area contributed by atoms with Crippen molar-refractivity contribution in [3.63, 3.8) is 0 Å². The SMILES string of the molecule is CCCNC(Cc1ccn(C2CCCC2)n1)C(F)F. The molecular formula is C14H23F2N3. The molecule has 1 aromatic heterocycles. The molecule has 0 bridgehead atoms. The van der Waals surface area contributed by atoms with E-state index in [9.17, 15) is 8.78 Å². The Morgan fingerprint density at radius 1 is 1.42 bits per heavy atom. The number of aromatic nitrogens is 2. The zero-order valence-electron chi connectivity index (χ0n) is 11.5. The Labute approximate surface area is 113 Å². The van der Waals surface area contributed by atoms with Gasteiger partial charge >= 0.3 is 0 Å². The van der Waals surface area contributed by atoms with Gasteiger partial charge in [-0.1, -0.05) is 19.8 Å². The molecule has 1 saturated carbocycles. The van der Waals surface area contributed by atoms with Crippen molar-refractivity contribution in [2.45, 2.75) is 64.0 Å². The van der Waals surface area contributed by atoms with Crippen LogP contribution in [-0.2, 0) is 6.42 Å². The van der Waals surface area contributed by atoms with Crippen LogP contribution in [0.1, 0.15) is 50.8 Å². The van der Waals surface area contributed by atoms with Gasteiger partial charge in [0.05, 0.1) is 17.8 Å². The van der Waals surface area contributed by atoms with Gasteiger partial charge in [-0.3, -0.25) is 4.68 Å². The Kier molecular flexibility index (Phi) is 5.31. The lowest BCUT2D eigenvalue weighted by atomic mass is 10.1. The molecule has 1 atom stereocenters. The van der Waals surface area contributed by atoms with Gasteiger partial charge in [0.15, 0.2) is 0 Å². The molecule has 19 heavy (non-hydrogen) atoms. The van der Waals surface area contributed by atoms with Gasteiger partial charge in [0, 0.05) is 12.6 Å². The van der Waals surface area contributed by atoms with Crippen LogP contribution in [0.3, 0.4) is 0 Å². The minimum Gasteiger partial charge on any atom is -0.309 e. The Morgan fingerprint density at radius 2 is 2.16 bits per heavy atom. The molecule has 0 aromatic carbocycles. The predicted molar refractivity (Wildman–Crippen MR) is 71.5 cm³/mol. The molecule has 1 fully saturated rings. The fourth-order valence-corrected chi connectivity index (χ4v) is 2.66. The van der Waals surface area contributed by atoms with Crippen LogP contribution in [0, 0.1) is 0 Å². The van der Waals surface area contributed by atoms with Crippen molar-refractivity contribution >= 4 is 0 Å². The first-order chi connectivity index (χ1) is 9.20. The summed E-state index contributed by atoms with van der Waals surface area (Å²) in [6.07, 6.45) is 5.57. The fraction of sp³-hybridized carbons (Fsp3) is 0.786. The second kappa shape index (κ2) is 6.98. The molecule has 0 saturated heterocycles. The van der Waals surface area contributed by atoms with Crippen molar-refractivity contribution in [2.24, 2.45) is 0 Å². The molecule has 0 amide bonds. The normalized spacial score (nSPS) is 18.3. The number of alkyl halides is 2. The smallest absolute Gasteiger partial charge is 0.254 e. The van der Waals surface area contributed by atoms with E-state index in [1.165, 1.54) is 12.8 Å². The minimum atomic E-state index is -2.34. The molecule has 5 heteroatoms. The highest BCUT2D eigenvalue weighted by Crippen LogP contribution is 2.28. The van der Waals surface area contributed by atoms with Crippen molar-refractivity contribution in [3.8, 4) is 0 Å². The van der Waals surface area contributed by atoms with Crippen LogP contribution in [0.5, 0.6) is 0 Å². The van der Waals surface area contributed by atoms with Gasteiger partial charge in [0.25, 0.3) is 6.43 Å². The molecule has 0 radical (unpaired) electrons. The number of halogens is 2. The number of nitrogens with zero attached hydrogens (tertiary/aromatic N) is 2. The third kappa shape index (κ3) is 4.00. The molecular weight excluding hydrogens is 248 g/mol. The zero-order chi connectivity index (χ0) is 13.7. The molecule has 108 valence electrons.